The number of H-pyrrole nitrogens is 1. The highest BCUT2D eigenvalue weighted by molar-refractivity contribution is 7.13. The van der Waals surface area contributed by atoms with Crippen molar-refractivity contribution >= 4 is 22.4 Å². The molecule has 0 saturated carbocycles. The Hall–Kier alpha value is -2.87. The van der Waals surface area contributed by atoms with Crippen LogP contribution in [0.1, 0.15) is 16.2 Å². The number of hydrogen-bond donors (Lipinski definition) is 3. The summed E-state index contributed by atoms with van der Waals surface area (Å²) in [6.45, 7) is 0.482. The summed E-state index contributed by atoms with van der Waals surface area (Å²) in [5.41, 5.74) is 8.42. The first-order chi connectivity index (χ1) is 11.7. The summed E-state index contributed by atoms with van der Waals surface area (Å²) in [5.74, 6) is 0.531. The molecular weight excluding hydrogens is 326 g/mol. The van der Waals surface area contributed by atoms with Gasteiger partial charge in [0.05, 0.1) is 18.5 Å². The van der Waals surface area contributed by atoms with Crippen molar-refractivity contribution in [2.75, 3.05) is 19.4 Å². The third-order valence-electron chi connectivity index (χ3n) is 3.42. The molecule has 4 N–H and O–H groups in total. The van der Waals surface area contributed by atoms with E-state index in [2.05, 4.69) is 20.5 Å². The zero-order chi connectivity index (χ0) is 16.9. The number of nitrogens with two attached hydrogens (primary N) is 1. The number of aromatic amines is 1. The van der Waals surface area contributed by atoms with Crippen LogP contribution in [0, 0.1) is 0 Å². The maximum atomic E-state index is 12.2. The van der Waals surface area contributed by atoms with E-state index in [1.807, 2.05) is 29.6 Å². The molecule has 0 aliphatic rings. The normalized spacial score (nSPS) is 10.5. The fourth-order valence-corrected chi connectivity index (χ4v) is 2.80. The zero-order valence-electron chi connectivity index (χ0n) is 13.1. The summed E-state index contributed by atoms with van der Waals surface area (Å²) >= 11 is 1.39. The molecule has 0 aliphatic heterocycles. The van der Waals surface area contributed by atoms with Gasteiger partial charge in [0.1, 0.15) is 11.4 Å². The quantitative estimate of drug-likeness (QED) is 0.635. The van der Waals surface area contributed by atoms with E-state index in [4.69, 9.17) is 10.5 Å². The fourth-order valence-electron chi connectivity index (χ4n) is 2.21. The molecule has 0 radical (unpaired) electrons. The summed E-state index contributed by atoms with van der Waals surface area (Å²) in [6, 6.07) is 9.22. The number of nitrogen functional groups attached to an aromatic ring is 1. The van der Waals surface area contributed by atoms with E-state index in [9.17, 15) is 4.79 Å². The molecule has 0 saturated heterocycles. The summed E-state index contributed by atoms with van der Waals surface area (Å²) in [4.78, 5) is 16.3. The molecule has 1 aromatic carbocycles. The van der Waals surface area contributed by atoms with Gasteiger partial charge in [0.25, 0.3) is 5.91 Å². The minimum absolute atomic E-state index is 0.208. The average molecular weight is 343 g/mol. The number of ether oxygens (including phenoxy) is 1. The Labute approximate surface area is 142 Å². The van der Waals surface area contributed by atoms with Gasteiger partial charge in [0.2, 0.25) is 0 Å². The number of anilines is 1. The third-order valence-corrected chi connectivity index (χ3v) is 4.15. The highest BCUT2D eigenvalue weighted by Gasteiger charge is 2.11. The van der Waals surface area contributed by atoms with Crippen molar-refractivity contribution in [1.29, 1.82) is 0 Å². The Kier molecular flexibility index (Phi) is 4.76. The number of nitrogens with one attached hydrogen (secondary N) is 2. The van der Waals surface area contributed by atoms with Gasteiger partial charge >= 0.3 is 0 Å². The number of nitrogens with zero attached hydrogens (tertiary/aromatic N) is 2. The number of rotatable bonds is 6. The summed E-state index contributed by atoms with van der Waals surface area (Å²) in [7, 11) is 1.61. The smallest absolute Gasteiger partial charge is 0.269 e. The fraction of sp³-hybridized carbons (Fsp3) is 0.188. The van der Waals surface area contributed by atoms with E-state index in [1.165, 1.54) is 11.3 Å². The second-order valence-corrected chi connectivity index (χ2v) is 5.97. The molecular formula is C16H17N5O2S. The zero-order valence-corrected chi connectivity index (χ0v) is 13.9. The number of methoxy groups -OCH3 is 1. The Bertz CT molecular complexity index is 842. The molecule has 8 heteroatoms. The van der Waals surface area contributed by atoms with Crippen LogP contribution in [0.25, 0.3) is 11.3 Å². The van der Waals surface area contributed by atoms with Crippen LogP contribution in [0.4, 0.5) is 5.13 Å². The van der Waals surface area contributed by atoms with E-state index in [0.29, 0.717) is 29.5 Å². The number of thiazole rings is 1. The summed E-state index contributed by atoms with van der Waals surface area (Å²) < 4.78 is 5.20. The van der Waals surface area contributed by atoms with Gasteiger partial charge in [-0.05, 0) is 18.2 Å². The first-order valence-corrected chi connectivity index (χ1v) is 8.21. The number of aromatic nitrogens is 3. The molecule has 3 rings (SSSR count). The molecule has 0 atom stereocenters. The van der Waals surface area contributed by atoms with Gasteiger partial charge in [-0.3, -0.25) is 9.89 Å². The molecule has 0 spiro atoms. The molecule has 1 amide bonds. The van der Waals surface area contributed by atoms with Crippen LogP contribution in [-0.2, 0) is 6.42 Å². The lowest BCUT2D eigenvalue weighted by molar-refractivity contribution is 0.0949. The van der Waals surface area contributed by atoms with Gasteiger partial charge in [-0.25, -0.2) is 4.98 Å². The van der Waals surface area contributed by atoms with Crippen molar-refractivity contribution in [3.63, 3.8) is 0 Å². The Morgan fingerprint density at radius 3 is 3.04 bits per heavy atom. The highest BCUT2D eigenvalue weighted by Crippen LogP contribution is 2.22. The number of carbonyl (C=O) groups is 1. The molecule has 0 bridgehead atoms. The van der Waals surface area contributed by atoms with E-state index >= 15 is 0 Å². The molecule has 0 fully saturated rings. The predicted molar refractivity (Wildman–Crippen MR) is 93.1 cm³/mol. The Morgan fingerprint density at radius 1 is 1.42 bits per heavy atom. The number of benzene rings is 1. The minimum Gasteiger partial charge on any atom is -0.497 e. The standard InChI is InChI=1S/C16H17N5O2S/c1-23-12-4-2-3-10(7-12)13-8-14(21-20-13)15(22)18-6-5-11-9-24-16(17)19-11/h2-4,7-9H,5-6H2,1H3,(H2,17,19)(H,18,22)(H,20,21). The van der Waals surface area contributed by atoms with Crippen LogP contribution in [-0.4, -0.2) is 34.7 Å². The van der Waals surface area contributed by atoms with Crippen molar-refractivity contribution in [3.8, 4) is 17.0 Å². The van der Waals surface area contributed by atoms with Crippen LogP contribution in [0.2, 0.25) is 0 Å². The highest BCUT2D eigenvalue weighted by atomic mass is 32.1. The van der Waals surface area contributed by atoms with E-state index in [0.717, 1.165) is 17.0 Å². The van der Waals surface area contributed by atoms with Crippen molar-refractivity contribution in [2.45, 2.75) is 6.42 Å². The Balaban J connectivity index is 1.60. The molecule has 7 nitrogen and oxygen atoms in total. The Morgan fingerprint density at radius 2 is 2.29 bits per heavy atom. The van der Waals surface area contributed by atoms with Gasteiger partial charge in [-0.1, -0.05) is 12.1 Å². The van der Waals surface area contributed by atoms with Gasteiger partial charge in [0, 0.05) is 23.9 Å². The SMILES string of the molecule is COc1cccc(-c2cc(C(=O)NCCc3csc(N)n3)[nH]n2)c1. The van der Waals surface area contributed by atoms with Crippen molar-refractivity contribution in [2.24, 2.45) is 0 Å². The van der Waals surface area contributed by atoms with Crippen molar-refractivity contribution in [1.82, 2.24) is 20.5 Å². The second kappa shape index (κ2) is 7.14. The predicted octanol–water partition coefficient (Wildman–Crippen LogP) is 2.10. The lowest BCUT2D eigenvalue weighted by Gasteiger charge is -2.01. The van der Waals surface area contributed by atoms with Crippen LogP contribution >= 0.6 is 11.3 Å². The maximum Gasteiger partial charge on any atom is 0.269 e. The first-order valence-electron chi connectivity index (χ1n) is 7.33. The molecule has 0 aliphatic carbocycles. The van der Waals surface area contributed by atoms with Crippen LogP contribution < -0.4 is 15.8 Å². The summed E-state index contributed by atoms with van der Waals surface area (Å²) in [6.07, 6.45) is 0.635. The molecule has 24 heavy (non-hydrogen) atoms. The summed E-state index contributed by atoms with van der Waals surface area (Å²) in [5, 5.41) is 12.2. The van der Waals surface area contributed by atoms with Gasteiger partial charge in [-0.15, -0.1) is 11.3 Å². The van der Waals surface area contributed by atoms with E-state index < -0.39 is 0 Å². The monoisotopic (exact) mass is 343 g/mol. The lowest BCUT2D eigenvalue weighted by Crippen LogP contribution is -2.26. The maximum absolute atomic E-state index is 12.2. The molecule has 2 aromatic heterocycles. The van der Waals surface area contributed by atoms with Crippen LogP contribution in [0.15, 0.2) is 35.7 Å². The van der Waals surface area contributed by atoms with Gasteiger partial charge in [-0.2, -0.15) is 5.10 Å². The van der Waals surface area contributed by atoms with Gasteiger partial charge in [0.15, 0.2) is 5.13 Å². The van der Waals surface area contributed by atoms with Crippen LogP contribution in [0.5, 0.6) is 5.75 Å². The first kappa shape index (κ1) is 16.0. The topological polar surface area (TPSA) is 106 Å². The average Bonchev–Trinajstić information content (AvgIpc) is 3.24. The lowest BCUT2D eigenvalue weighted by atomic mass is 10.1. The van der Waals surface area contributed by atoms with E-state index in [-0.39, 0.29) is 5.91 Å². The number of amides is 1. The number of carbonyl (C=O) groups excluding carboxylic acids is 1. The van der Waals surface area contributed by atoms with E-state index in [1.54, 1.807) is 13.2 Å². The molecule has 124 valence electrons. The second-order valence-electron chi connectivity index (χ2n) is 5.08. The largest absolute Gasteiger partial charge is 0.497 e. The van der Waals surface area contributed by atoms with Gasteiger partial charge < -0.3 is 15.8 Å². The van der Waals surface area contributed by atoms with Crippen molar-refractivity contribution < 1.29 is 9.53 Å². The number of hydrogen-bond acceptors (Lipinski definition) is 6. The third kappa shape index (κ3) is 3.72. The van der Waals surface area contributed by atoms with Crippen LogP contribution in [0.3, 0.4) is 0 Å². The molecule has 3 aromatic rings. The molecule has 0 unspecified atom stereocenters. The molecule has 2 heterocycles. The van der Waals surface area contributed by atoms with Crippen molar-refractivity contribution in [3.05, 3.63) is 47.1 Å². The minimum atomic E-state index is -0.208.